The summed E-state index contributed by atoms with van der Waals surface area (Å²) in [6.07, 6.45) is 1.45. The van der Waals surface area contributed by atoms with Crippen molar-refractivity contribution in [2.24, 2.45) is 15.9 Å². The molecule has 1 atom stereocenters. The lowest BCUT2D eigenvalue weighted by atomic mass is 10.1. The van der Waals surface area contributed by atoms with Gasteiger partial charge in [-0.05, 0) is 13.6 Å². The number of methoxy groups -OCH3 is 1. The predicted molar refractivity (Wildman–Crippen MR) is 49.4 cm³/mol. The molecule has 0 aliphatic carbocycles. The molecular weight excluding hydrogens is 170 g/mol. The Morgan fingerprint density at radius 2 is 2.46 bits per heavy atom. The Morgan fingerprint density at radius 1 is 1.77 bits per heavy atom. The van der Waals surface area contributed by atoms with E-state index >= 15 is 0 Å². The first-order chi connectivity index (χ1) is 6.19. The minimum atomic E-state index is -0.315. The Bertz CT molecular complexity index is 294. The molecule has 1 aliphatic heterocycles. The van der Waals surface area contributed by atoms with Crippen LogP contribution in [-0.2, 0) is 9.53 Å². The van der Waals surface area contributed by atoms with Crippen LogP contribution in [0.3, 0.4) is 0 Å². The Balaban J connectivity index is 2.99. The standard InChI is InChI=1S/C8H11N3O2/c1-5-6(4-9-2)10-8(13-3)11-7(5)12/h4-5H,2H2,1,3H3,(H,10,11,12)/b6-4+. The highest BCUT2D eigenvalue weighted by atomic mass is 16.5. The van der Waals surface area contributed by atoms with Gasteiger partial charge in [-0.25, -0.2) is 0 Å². The molecule has 0 aromatic heterocycles. The van der Waals surface area contributed by atoms with Gasteiger partial charge in [-0.1, -0.05) is 0 Å². The third-order valence-corrected chi connectivity index (χ3v) is 1.71. The van der Waals surface area contributed by atoms with E-state index in [4.69, 9.17) is 4.74 Å². The van der Waals surface area contributed by atoms with Gasteiger partial charge in [-0.15, -0.1) is 0 Å². The topological polar surface area (TPSA) is 63.1 Å². The molecule has 1 N–H and O–H groups in total. The summed E-state index contributed by atoms with van der Waals surface area (Å²) in [6.45, 7) is 5.04. The van der Waals surface area contributed by atoms with E-state index in [1.165, 1.54) is 13.3 Å². The molecule has 0 aromatic rings. The minimum Gasteiger partial charge on any atom is -0.468 e. The van der Waals surface area contributed by atoms with Crippen molar-refractivity contribution in [1.29, 1.82) is 0 Å². The maximum atomic E-state index is 11.3. The number of aliphatic imine (C=N–C) groups is 2. The lowest BCUT2D eigenvalue weighted by molar-refractivity contribution is -0.122. The summed E-state index contributed by atoms with van der Waals surface area (Å²) in [7, 11) is 1.44. The van der Waals surface area contributed by atoms with Crippen LogP contribution >= 0.6 is 0 Å². The number of carbonyl (C=O) groups excluding carboxylic acids is 1. The van der Waals surface area contributed by atoms with Crippen molar-refractivity contribution in [3.63, 3.8) is 0 Å². The van der Waals surface area contributed by atoms with E-state index in [0.717, 1.165) is 0 Å². The fraction of sp³-hybridized carbons (Fsp3) is 0.375. The van der Waals surface area contributed by atoms with E-state index in [1.807, 2.05) is 0 Å². The van der Waals surface area contributed by atoms with Gasteiger partial charge in [0, 0.05) is 6.20 Å². The van der Waals surface area contributed by atoms with Crippen molar-refractivity contribution >= 4 is 18.6 Å². The molecule has 0 radical (unpaired) electrons. The molecule has 13 heavy (non-hydrogen) atoms. The molecule has 0 saturated carbocycles. The molecule has 5 heteroatoms. The number of hydrogen-bond acceptors (Lipinski definition) is 4. The van der Waals surface area contributed by atoms with Gasteiger partial charge in [0.15, 0.2) is 0 Å². The van der Waals surface area contributed by atoms with Crippen molar-refractivity contribution in [2.45, 2.75) is 6.92 Å². The molecule has 1 rings (SSSR count). The van der Waals surface area contributed by atoms with Crippen LogP contribution in [0.25, 0.3) is 0 Å². The van der Waals surface area contributed by atoms with Gasteiger partial charge in [-0.2, -0.15) is 4.99 Å². The quantitative estimate of drug-likeness (QED) is 0.591. The first kappa shape index (κ1) is 9.44. The second-order valence-electron chi connectivity index (χ2n) is 2.57. The summed E-state index contributed by atoms with van der Waals surface area (Å²) >= 11 is 0. The summed E-state index contributed by atoms with van der Waals surface area (Å²) in [5.74, 6) is -0.467. The van der Waals surface area contributed by atoms with Crippen molar-refractivity contribution in [1.82, 2.24) is 5.32 Å². The van der Waals surface area contributed by atoms with Gasteiger partial charge in [-0.3, -0.25) is 15.1 Å². The number of nitrogens with one attached hydrogen (secondary N) is 1. The van der Waals surface area contributed by atoms with Crippen LogP contribution in [0.2, 0.25) is 0 Å². The van der Waals surface area contributed by atoms with Gasteiger partial charge >= 0.3 is 0 Å². The summed E-state index contributed by atoms with van der Waals surface area (Å²) in [5, 5.41) is 2.49. The fourth-order valence-electron chi connectivity index (χ4n) is 0.921. The Kier molecular flexibility index (Phi) is 2.79. The summed E-state index contributed by atoms with van der Waals surface area (Å²) < 4.78 is 4.80. The van der Waals surface area contributed by atoms with Crippen LogP contribution in [0.1, 0.15) is 6.92 Å². The largest absolute Gasteiger partial charge is 0.468 e. The molecule has 1 aliphatic rings. The Labute approximate surface area is 76.2 Å². The molecule has 70 valence electrons. The first-order valence-corrected chi connectivity index (χ1v) is 3.78. The van der Waals surface area contributed by atoms with E-state index < -0.39 is 0 Å². The zero-order chi connectivity index (χ0) is 9.84. The maximum absolute atomic E-state index is 11.3. The molecule has 5 nitrogen and oxygen atoms in total. The van der Waals surface area contributed by atoms with Crippen molar-refractivity contribution in [2.75, 3.05) is 7.11 Å². The number of nitrogens with zero attached hydrogens (tertiary/aromatic N) is 2. The highest BCUT2D eigenvalue weighted by molar-refractivity contribution is 5.99. The molecule has 0 fully saturated rings. The Hall–Kier alpha value is -1.65. The number of rotatable bonds is 1. The molecule has 0 spiro atoms. The van der Waals surface area contributed by atoms with Crippen LogP contribution in [0.15, 0.2) is 21.9 Å². The van der Waals surface area contributed by atoms with E-state index in [2.05, 4.69) is 22.0 Å². The molecule has 1 heterocycles. The summed E-state index contributed by atoms with van der Waals surface area (Å²) in [6, 6.07) is 0.193. The lowest BCUT2D eigenvalue weighted by Gasteiger charge is -2.18. The van der Waals surface area contributed by atoms with Crippen molar-refractivity contribution in [3.8, 4) is 0 Å². The van der Waals surface area contributed by atoms with Crippen LogP contribution < -0.4 is 5.32 Å². The maximum Gasteiger partial charge on any atom is 0.296 e. The molecule has 0 saturated heterocycles. The number of amides is 1. The SMILES string of the molecule is C=N/C=C1/N=C(OC)NC(=O)C1C. The first-order valence-electron chi connectivity index (χ1n) is 3.78. The smallest absolute Gasteiger partial charge is 0.296 e. The highest BCUT2D eigenvalue weighted by Gasteiger charge is 2.24. The normalized spacial score (nSPS) is 25.1. The summed E-state index contributed by atoms with van der Waals surface area (Å²) in [4.78, 5) is 18.8. The fourth-order valence-corrected chi connectivity index (χ4v) is 0.921. The monoisotopic (exact) mass is 181 g/mol. The number of ether oxygens (including phenoxy) is 1. The number of hydrogen-bond donors (Lipinski definition) is 1. The lowest BCUT2D eigenvalue weighted by Crippen LogP contribution is -2.40. The number of carbonyl (C=O) groups is 1. The van der Waals surface area contributed by atoms with Gasteiger partial charge in [0.1, 0.15) is 0 Å². The van der Waals surface area contributed by atoms with Crippen LogP contribution in [-0.4, -0.2) is 25.8 Å². The third kappa shape index (κ3) is 1.93. The van der Waals surface area contributed by atoms with Crippen LogP contribution in [0, 0.1) is 5.92 Å². The van der Waals surface area contributed by atoms with Gasteiger partial charge in [0.2, 0.25) is 5.91 Å². The molecule has 1 unspecified atom stereocenters. The van der Waals surface area contributed by atoms with Crippen LogP contribution in [0.5, 0.6) is 0 Å². The van der Waals surface area contributed by atoms with Gasteiger partial charge in [0.25, 0.3) is 6.02 Å². The minimum absolute atomic E-state index is 0.151. The Morgan fingerprint density at radius 3 is 3.00 bits per heavy atom. The van der Waals surface area contributed by atoms with Crippen LogP contribution in [0.4, 0.5) is 0 Å². The number of amidine groups is 1. The summed E-state index contributed by atoms with van der Waals surface area (Å²) in [5.41, 5.74) is 0.551. The van der Waals surface area contributed by atoms with E-state index in [-0.39, 0.29) is 17.8 Å². The molecular formula is C8H11N3O2. The van der Waals surface area contributed by atoms with E-state index in [1.54, 1.807) is 6.92 Å². The van der Waals surface area contributed by atoms with E-state index in [9.17, 15) is 4.79 Å². The van der Waals surface area contributed by atoms with Gasteiger partial charge < -0.3 is 4.74 Å². The molecule has 0 aromatic carbocycles. The second kappa shape index (κ2) is 3.84. The zero-order valence-electron chi connectivity index (χ0n) is 7.57. The average Bonchev–Trinajstić information content (AvgIpc) is 2.13. The highest BCUT2D eigenvalue weighted by Crippen LogP contribution is 2.16. The van der Waals surface area contributed by atoms with Gasteiger partial charge in [0.05, 0.1) is 18.7 Å². The van der Waals surface area contributed by atoms with Crippen molar-refractivity contribution in [3.05, 3.63) is 11.9 Å². The average molecular weight is 181 g/mol. The van der Waals surface area contributed by atoms with Crippen molar-refractivity contribution < 1.29 is 9.53 Å². The van der Waals surface area contributed by atoms with E-state index in [0.29, 0.717) is 5.70 Å². The third-order valence-electron chi connectivity index (χ3n) is 1.71. The zero-order valence-corrected chi connectivity index (χ0v) is 7.57. The molecule has 0 bridgehead atoms. The second-order valence-corrected chi connectivity index (χ2v) is 2.57. The molecule has 1 amide bonds. The predicted octanol–water partition coefficient (Wildman–Crippen LogP) is 0.297.